The summed E-state index contributed by atoms with van der Waals surface area (Å²) in [5.74, 6) is 0. The molecule has 0 saturated heterocycles. The molecule has 0 bridgehead atoms. The Bertz CT molecular complexity index is 1150. The highest BCUT2D eigenvalue weighted by atomic mass is 14.9. The summed E-state index contributed by atoms with van der Waals surface area (Å²) < 4.78 is 0. The van der Waals surface area contributed by atoms with E-state index >= 15 is 0 Å². The van der Waals surface area contributed by atoms with Crippen LogP contribution < -0.4 is 10.6 Å². The van der Waals surface area contributed by atoms with Gasteiger partial charge in [0.05, 0.1) is 0 Å². The van der Waals surface area contributed by atoms with Gasteiger partial charge in [0.25, 0.3) is 0 Å². The Morgan fingerprint density at radius 1 is 0.433 bits per heavy atom. The van der Waals surface area contributed by atoms with Crippen LogP contribution in [0.5, 0.6) is 0 Å². The van der Waals surface area contributed by atoms with Gasteiger partial charge in [-0.1, -0.05) is 36.4 Å². The highest BCUT2D eigenvalue weighted by molar-refractivity contribution is 5.78. The Kier molecular flexibility index (Phi) is 4.78. The average Bonchev–Trinajstić information content (AvgIpc) is 3.51. The van der Waals surface area contributed by atoms with E-state index in [2.05, 4.69) is 107 Å². The Balaban J connectivity index is 1.22. The largest absolute Gasteiger partial charge is 0.356 e. The van der Waals surface area contributed by atoms with E-state index in [-0.39, 0.29) is 0 Å². The quantitative estimate of drug-likeness (QED) is 0.433. The molecule has 2 aliphatic carbocycles. The maximum absolute atomic E-state index is 3.45. The van der Waals surface area contributed by atoms with Crippen molar-refractivity contribution in [1.82, 2.24) is 0 Å². The second-order valence-corrected chi connectivity index (χ2v) is 7.15. The van der Waals surface area contributed by atoms with E-state index in [1.54, 1.807) is 0 Å². The van der Waals surface area contributed by atoms with Crippen LogP contribution in [0.3, 0.4) is 0 Å². The van der Waals surface area contributed by atoms with E-state index in [0.29, 0.717) is 0 Å². The fourth-order valence-corrected chi connectivity index (χ4v) is 3.46. The van der Waals surface area contributed by atoms with Gasteiger partial charge in [-0.3, -0.25) is 0 Å². The molecular weight excluding hydrogens is 364 g/mol. The van der Waals surface area contributed by atoms with Crippen molar-refractivity contribution < 1.29 is 0 Å². The van der Waals surface area contributed by atoms with Gasteiger partial charge in [-0.2, -0.15) is 0 Å². The molecule has 2 heteroatoms. The molecule has 3 aromatic rings. The first-order valence-corrected chi connectivity index (χ1v) is 9.95. The molecule has 5 rings (SSSR count). The van der Waals surface area contributed by atoms with Crippen LogP contribution in [0.4, 0.5) is 22.7 Å². The molecule has 142 valence electrons. The Morgan fingerprint density at radius 2 is 0.767 bits per heavy atom. The molecule has 0 aliphatic heterocycles. The van der Waals surface area contributed by atoms with Gasteiger partial charge < -0.3 is 10.6 Å². The van der Waals surface area contributed by atoms with E-state index in [4.69, 9.17) is 0 Å². The molecule has 0 amide bonds. The maximum atomic E-state index is 3.45. The molecule has 0 unspecified atom stereocenters. The molecule has 0 fully saturated rings. The second-order valence-electron chi connectivity index (χ2n) is 7.15. The van der Waals surface area contributed by atoms with Crippen molar-refractivity contribution in [2.75, 3.05) is 10.6 Å². The van der Waals surface area contributed by atoms with Crippen LogP contribution in [0.2, 0.25) is 0 Å². The molecular formula is C28H20N2. The van der Waals surface area contributed by atoms with E-state index < -0.39 is 0 Å². The molecule has 2 nitrogen and oxygen atoms in total. The van der Waals surface area contributed by atoms with Crippen molar-refractivity contribution in [2.24, 2.45) is 0 Å². The summed E-state index contributed by atoms with van der Waals surface area (Å²) in [6.45, 7) is 0. The molecule has 2 N–H and O–H groups in total. The summed E-state index contributed by atoms with van der Waals surface area (Å²) in [5.41, 5.74) is 15.3. The SMILES string of the molecule is C1=CC=CC=1c1ccc(Nc2ccc(Nc3ccc(C4=C=CC=C4)cc3)cc2)cc1. The number of rotatable bonds is 6. The van der Waals surface area contributed by atoms with Gasteiger partial charge in [0, 0.05) is 33.9 Å². The highest BCUT2D eigenvalue weighted by Crippen LogP contribution is 2.25. The van der Waals surface area contributed by atoms with Crippen LogP contribution in [0.15, 0.2) is 121 Å². The highest BCUT2D eigenvalue weighted by Gasteiger charge is 2.02. The van der Waals surface area contributed by atoms with E-state index in [0.717, 1.165) is 33.9 Å². The van der Waals surface area contributed by atoms with Gasteiger partial charge in [0.1, 0.15) is 0 Å². The summed E-state index contributed by atoms with van der Waals surface area (Å²) in [5, 5.41) is 6.90. The standard InChI is InChI=1S/C28H20N2/c1-2-6-21(5-1)23-9-13-25(14-10-23)29-27-17-19-28(20-18-27)30-26-15-11-24(12-16-26)22-7-3-4-8-22/h1-5,7,9-20,29-30H. The first-order chi connectivity index (χ1) is 14.8. The second kappa shape index (κ2) is 8.03. The van der Waals surface area contributed by atoms with Gasteiger partial charge in [-0.05, 0) is 84.0 Å². The predicted octanol–water partition coefficient (Wildman–Crippen LogP) is 7.39. The Hall–Kier alpha value is -4.22. The van der Waals surface area contributed by atoms with Crippen LogP contribution in [0.25, 0.3) is 11.1 Å². The van der Waals surface area contributed by atoms with Crippen molar-refractivity contribution in [2.45, 2.75) is 0 Å². The third-order valence-electron chi connectivity index (χ3n) is 5.05. The maximum Gasteiger partial charge on any atom is 0.0385 e. The third kappa shape index (κ3) is 3.97. The summed E-state index contributed by atoms with van der Waals surface area (Å²) in [6.07, 6.45) is 12.0. The normalized spacial score (nSPS) is 13.5. The predicted molar refractivity (Wildman–Crippen MR) is 127 cm³/mol. The smallest absolute Gasteiger partial charge is 0.0385 e. The molecule has 3 aromatic carbocycles. The van der Waals surface area contributed by atoms with Gasteiger partial charge in [-0.15, -0.1) is 11.5 Å². The number of anilines is 4. The number of allylic oxidation sites excluding steroid dienone is 6. The zero-order valence-corrected chi connectivity index (χ0v) is 16.4. The van der Waals surface area contributed by atoms with Gasteiger partial charge in [0.2, 0.25) is 0 Å². The van der Waals surface area contributed by atoms with Crippen LogP contribution in [-0.4, -0.2) is 0 Å². The lowest BCUT2D eigenvalue weighted by Crippen LogP contribution is -1.93. The first-order valence-electron chi connectivity index (χ1n) is 9.95. The minimum Gasteiger partial charge on any atom is -0.356 e. The molecule has 0 atom stereocenters. The summed E-state index contributed by atoms with van der Waals surface area (Å²) in [4.78, 5) is 0. The van der Waals surface area contributed by atoms with E-state index in [9.17, 15) is 0 Å². The minimum absolute atomic E-state index is 1.05. The van der Waals surface area contributed by atoms with Gasteiger partial charge >= 0.3 is 0 Å². The lowest BCUT2D eigenvalue weighted by atomic mass is 10.1. The molecule has 2 aliphatic rings. The van der Waals surface area contributed by atoms with Crippen LogP contribution in [0, 0.1) is 0 Å². The average molecular weight is 384 g/mol. The number of hydrogen-bond acceptors (Lipinski definition) is 2. The fourth-order valence-electron chi connectivity index (χ4n) is 3.46. The summed E-state index contributed by atoms with van der Waals surface area (Å²) in [7, 11) is 0. The van der Waals surface area contributed by atoms with Crippen molar-refractivity contribution in [1.29, 1.82) is 0 Å². The molecule has 0 spiro atoms. The molecule has 0 heterocycles. The van der Waals surface area contributed by atoms with Crippen molar-refractivity contribution in [3.05, 3.63) is 132 Å². The molecule has 0 saturated carbocycles. The monoisotopic (exact) mass is 384 g/mol. The lowest BCUT2D eigenvalue weighted by molar-refractivity contribution is 1.50. The Labute approximate surface area is 176 Å². The minimum atomic E-state index is 1.05. The summed E-state index contributed by atoms with van der Waals surface area (Å²) in [6, 6.07) is 25.1. The number of hydrogen-bond donors (Lipinski definition) is 2. The molecule has 0 radical (unpaired) electrons. The Morgan fingerprint density at radius 3 is 1.07 bits per heavy atom. The lowest BCUT2D eigenvalue weighted by Gasteiger charge is -2.10. The molecule has 0 aromatic heterocycles. The van der Waals surface area contributed by atoms with Crippen molar-refractivity contribution >= 4 is 33.9 Å². The van der Waals surface area contributed by atoms with Gasteiger partial charge in [0.15, 0.2) is 0 Å². The fraction of sp³-hybridized carbons (Fsp3) is 0. The zero-order valence-electron chi connectivity index (χ0n) is 16.4. The topological polar surface area (TPSA) is 24.1 Å². The van der Waals surface area contributed by atoms with E-state index in [1.165, 1.54) is 11.1 Å². The van der Waals surface area contributed by atoms with Crippen molar-refractivity contribution in [3.8, 4) is 0 Å². The van der Waals surface area contributed by atoms with E-state index in [1.807, 2.05) is 24.3 Å². The van der Waals surface area contributed by atoms with Gasteiger partial charge in [-0.25, -0.2) is 0 Å². The number of nitrogens with one attached hydrogen (secondary N) is 2. The van der Waals surface area contributed by atoms with Crippen LogP contribution in [-0.2, 0) is 0 Å². The zero-order chi connectivity index (χ0) is 20.2. The number of benzene rings is 3. The van der Waals surface area contributed by atoms with Crippen molar-refractivity contribution in [3.63, 3.8) is 0 Å². The first kappa shape index (κ1) is 17.8. The molecule has 30 heavy (non-hydrogen) atoms. The summed E-state index contributed by atoms with van der Waals surface area (Å²) >= 11 is 0. The van der Waals surface area contributed by atoms with Crippen LogP contribution in [0.1, 0.15) is 11.1 Å². The van der Waals surface area contributed by atoms with Crippen LogP contribution >= 0.6 is 0 Å². The third-order valence-corrected chi connectivity index (χ3v) is 5.05.